The van der Waals surface area contributed by atoms with E-state index in [2.05, 4.69) is 4.90 Å². The number of allylic oxidation sites excluding steroid dienone is 1. The van der Waals surface area contributed by atoms with Gasteiger partial charge in [-0.2, -0.15) is 0 Å². The molecule has 28 heavy (non-hydrogen) atoms. The second kappa shape index (κ2) is 8.99. The number of nitro benzene ring substituents is 1. The lowest BCUT2D eigenvalue weighted by Gasteiger charge is -2.30. The molecular weight excluding hydrogens is 380 g/mol. The lowest BCUT2D eigenvalue weighted by Crippen LogP contribution is -2.35. The maximum atomic E-state index is 12.5. The second-order valence-electron chi connectivity index (χ2n) is 6.91. The molecule has 2 aromatic carbocycles. The molecule has 1 heterocycles. The second-order valence-corrected chi connectivity index (χ2v) is 7.35. The van der Waals surface area contributed by atoms with Gasteiger partial charge in [0.1, 0.15) is 5.76 Å². The van der Waals surface area contributed by atoms with Gasteiger partial charge in [0.15, 0.2) is 5.78 Å². The Morgan fingerprint density at radius 1 is 1.14 bits per heavy atom. The van der Waals surface area contributed by atoms with E-state index >= 15 is 0 Å². The Labute approximate surface area is 168 Å². The number of benzene rings is 2. The lowest BCUT2D eigenvalue weighted by molar-refractivity contribution is -0.384. The number of ketones is 1. The van der Waals surface area contributed by atoms with Crippen molar-refractivity contribution in [3.8, 4) is 0 Å². The predicted octanol–water partition coefficient (Wildman–Crippen LogP) is 4.63. The summed E-state index contributed by atoms with van der Waals surface area (Å²) in [6, 6.07) is 13.2. The van der Waals surface area contributed by atoms with Crippen molar-refractivity contribution in [2.45, 2.75) is 19.4 Å². The minimum absolute atomic E-state index is 0.0593. The van der Waals surface area contributed by atoms with Crippen molar-refractivity contribution in [3.05, 3.63) is 80.9 Å². The van der Waals surface area contributed by atoms with Crippen molar-refractivity contribution in [3.63, 3.8) is 0 Å². The maximum absolute atomic E-state index is 12.5. The average Bonchev–Trinajstić information content (AvgIpc) is 2.70. The van der Waals surface area contributed by atoms with Gasteiger partial charge in [0, 0.05) is 41.3 Å². The third-order valence-corrected chi connectivity index (χ3v) is 5.21. The molecule has 1 aliphatic rings. The van der Waals surface area contributed by atoms with Gasteiger partial charge in [-0.3, -0.25) is 19.8 Å². The Balaban J connectivity index is 1.54. The molecule has 0 bridgehead atoms. The van der Waals surface area contributed by atoms with Crippen molar-refractivity contribution in [2.75, 3.05) is 13.1 Å². The summed E-state index contributed by atoms with van der Waals surface area (Å²) in [6.07, 6.45) is 2.70. The van der Waals surface area contributed by atoms with Crippen molar-refractivity contribution < 1.29 is 14.8 Å². The Hall–Kier alpha value is -2.70. The van der Waals surface area contributed by atoms with Crippen LogP contribution >= 0.6 is 11.6 Å². The molecule has 2 aromatic rings. The van der Waals surface area contributed by atoms with Gasteiger partial charge in [-0.1, -0.05) is 23.7 Å². The molecule has 0 radical (unpaired) electrons. The molecule has 7 heteroatoms. The van der Waals surface area contributed by atoms with Crippen LogP contribution in [-0.2, 0) is 11.3 Å². The molecule has 0 spiro atoms. The highest BCUT2D eigenvalue weighted by Gasteiger charge is 2.24. The molecule has 146 valence electrons. The zero-order valence-electron chi connectivity index (χ0n) is 15.3. The summed E-state index contributed by atoms with van der Waals surface area (Å²) in [5.74, 6) is -0.396. The minimum Gasteiger partial charge on any atom is -0.507 e. The van der Waals surface area contributed by atoms with Crippen LogP contribution in [0.5, 0.6) is 0 Å². The number of piperidine rings is 1. The molecule has 0 aliphatic carbocycles. The van der Waals surface area contributed by atoms with Crippen LogP contribution in [0.2, 0.25) is 5.02 Å². The van der Waals surface area contributed by atoms with E-state index in [-0.39, 0.29) is 23.1 Å². The maximum Gasteiger partial charge on any atom is 0.269 e. The van der Waals surface area contributed by atoms with Gasteiger partial charge in [-0.05, 0) is 55.8 Å². The third-order valence-electron chi connectivity index (χ3n) is 4.96. The Bertz CT molecular complexity index is 870. The van der Waals surface area contributed by atoms with Gasteiger partial charge in [0.05, 0.1) is 4.92 Å². The molecule has 0 atom stereocenters. The molecule has 6 nitrogen and oxygen atoms in total. The standard InChI is InChI=1S/C21H21ClN2O4/c22-18-5-1-15(2-6-18)14-23-11-9-17(10-12-23)21(26)13-20(25)16-3-7-19(8-4-16)24(27)28/h1-8,13,17,25H,9-12,14H2. The van der Waals surface area contributed by atoms with Crippen molar-refractivity contribution >= 4 is 28.8 Å². The number of hydrogen-bond acceptors (Lipinski definition) is 5. The van der Waals surface area contributed by atoms with Crippen LogP contribution < -0.4 is 0 Å². The van der Waals surface area contributed by atoms with E-state index in [1.807, 2.05) is 24.3 Å². The van der Waals surface area contributed by atoms with Gasteiger partial charge >= 0.3 is 0 Å². The van der Waals surface area contributed by atoms with Crippen LogP contribution in [0.4, 0.5) is 5.69 Å². The molecule has 0 unspecified atom stereocenters. The van der Waals surface area contributed by atoms with Gasteiger partial charge in [-0.15, -0.1) is 0 Å². The first kappa shape index (κ1) is 20.0. The molecule has 0 aromatic heterocycles. The van der Waals surface area contributed by atoms with Gasteiger partial charge in [0.25, 0.3) is 5.69 Å². The van der Waals surface area contributed by atoms with Crippen molar-refractivity contribution in [1.82, 2.24) is 4.90 Å². The fraction of sp³-hybridized carbons (Fsp3) is 0.286. The Kier molecular flexibility index (Phi) is 6.44. The van der Waals surface area contributed by atoms with E-state index in [4.69, 9.17) is 11.6 Å². The largest absolute Gasteiger partial charge is 0.507 e. The SMILES string of the molecule is O=C(C=C(O)c1ccc([N+](=O)[O-])cc1)C1CCN(Cc2ccc(Cl)cc2)CC1. The minimum atomic E-state index is -0.506. The zero-order chi connectivity index (χ0) is 20.1. The number of aliphatic hydroxyl groups is 1. The third kappa shape index (κ3) is 5.18. The monoisotopic (exact) mass is 400 g/mol. The number of nitrogens with zero attached hydrogens (tertiary/aromatic N) is 2. The number of carbonyl (C=O) groups is 1. The fourth-order valence-electron chi connectivity index (χ4n) is 3.31. The van der Waals surface area contributed by atoms with Crippen LogP contribution in [0, 0.1) is 16.0 Å². The number of non-ortho nitro benzene ring substituents is 1. The first-order valence-corrected chi connectivity index (χ1v) is 9.46. The van der Waals surface area contributed by atoms with Crippen LogP contribution in [0.1, 0.15) is 24.0 Å². The normalized spacial score (nSPS) is 16.1. The molecule has 1 aliphatic heterocycles. The van der Waals surface area contributed by atoms with Crippen LogP contribution in [0.3, 0.4) is 0 Å². The number of carbonyl (C=O) groups excluding carboxylic acids is 1. The van der Waals surface area contributed by atoms with Crippen molar-refractivity contribution in [2.24, 2.45) is 5.92 Å². The van der Waals surface area contributed by atoms with E-state index < -0.39 is 4.92 Å². The molecule has 1 fully saturated rings. The van der Waals surface area contributed by atoms with E-state index in [1.54, 1.807) is 0 Å². The summed E-state index contributed by atoms with van der Waals surface area (Å²) >= 11 is 5.91. The van der Waals surface area contributed by atoms with Crippen LogP contribution in [0.25, 0.3) is 5.76 Å². The number of rotatable bonds is 6. The summed E-state index contributed by atoms with van der Waals surface area (Å²) < 4.78 is 0. The van der Waals surface area contributed by atoms with E-state index in [1.165, 1.54) is 35.9 Å². The average molecular weight is 401 g/mol. The van der Waals surface area contributed by atoms with Gasteiger partial charge in [0.2, 0.25) is 0 Å². The Morgan fingerprint density at radius 3 is 2.32 bits per heavy atom. The quantitative estimate of drug-likeness (QED) is 0.331. The Morgan fingerprint density at radius 2 is 1.75 bits per heavy atom. The highest BCUT2D eigenvalue weighted by molar-refractivity contribution is 6.30. The molecule has 3 rings (SSSR count). The summed E-state index contributed by atoms with van der Waals surface area (Å²) in [6.45, 7) is 2.44. The predicted molar refractivity (Wildman–Crippen MR) is 108 cm³/mol. The highest BCUT2D eigenvalue weighted by Crippen LogP contribution is 2.23. The lowest BCUT2D eigenvalue weighted by atomic mass is 9.91. The summed E-state index contributed by atoms with van der Waals surface area (Å²) in [5.41, 5.74) is 1.51. The molecule has 1 saturated heterocycles. The van der Waals surface area contributed by atoms with Crippen LogP contribution in [0.15, 0.2) is 54.6 Å². The topological polar surface area (TPSA) is 83.7 Å². The molecule has 1 N–H and O–H groups in total. The molecular formula is C21H21ClN2O4. The van der Waals surface area contributed by atoms with Crippen molar-refractivity contribution in [1.29, 1.82) is 0 Å². The van der Waals surface area contributed by atoms with Gasteiger partial charge in [-0.25, -0.2) is 0 Å². The number of likely N-dealkylation sites (tertiary alicyclic amines) is 1. The zero-order valence-corrected chi connectivity index (χ0v) is 16.0. The number of nitro groups is 1. The molecule has 0 saturated carbocycles. The number of hydrogen-bond donors (Lipinski definition) is 1. The molecule has 0 amide bonds. The number of halogens is 1. The summed E-state index contributed by atoms with van der Waals surface area (Å²) in [4.78, 5) is 25.0. The van der Waals surface area contributed by atoms with E-state index in [0.29, 0.717) is 10.6 Å². The van der Waals surface area contributed by atoms with Crippen LogP contribution in [-0.4, -0.2) is 33.8 Å². The smallest absolute Gasteiger partial charge is 0.269 e. The van der Waals surface area contributed by atoms with E-state index in [0.717, 1.165) is 32.5 Å². The first-order chi connectivity index (χ1) is 13.4. The highest BCUT2D eigenvalue weighted by atomic mass is 35.5. The number of aliphatic hydroxyl groups excluding tert-OH is 1. The first-order valence-electron chi connectivity index (χ1n) is 9.08. The fourth-order valence-corrected chi connectivity index (χ4v) is 3.44. The summed E-state index contributed by atoms with van der Waals surface area (Å²) in [5, 5.41) is 21.6. The summed E-state index contributed by atoms with van der Waals surface area (Å²) in [7, 11) is 0. The van der Waals surface area contributed by atoms with Gasteiger partial charge < -0.3 is 5.11 Å². The van der Waals surface area contributed by atoms with E-state index in [9.17, 15) is 20.0 Å².